The molecule has 5 atom stereocenters. The van der Waals surface area contributed by atoms with Gasteiger partial charge in [-0.15, -0.1) is 5.10 Å². The molecule has 1 aromatic heterocycles. The molecule has 38 heavy (non-hydrogen) atoms. The maximum Gasteiger partial charge on any atom is 0.123 e. The van der Waals surface area contributed by atoms with Crippen LogP contribution in [0, 0.1) is 23.1 Å². The van der Waals surface area contributed by atoms with Crippen molar-refractivity contribution in [1.29, 1.82) is 0 Å². The van der Waals surface area contributed by atoms with Crippen molar-refractivity contribution in [2.75, 3.05) is 0 Å². The number of benzene rings is 3. The monoisotopic (exact) mass is 507 g/mol. The van der Waals surface area contributed by atoms with Crippen LogP contribution >= 0.6 is 0 Å². The Balaban J connectivity index is 1.08. The van der Waals surface area contributed by atoms with Gasteiger partial charge in [-0.1, -0.05) is 48.5 Å². The lowest BCUT2D eigenvalue weighted by Gasteiger charge is -2.50. The highest BCUT2D eigenvalue weighted by molar-refractivity contribution is 5.57. The van der Waals surface area contributed by atoms with Gasteiger partial charge in [-0.3, -0.25) is 0 Å². The molecule has 4 aromatic rings. The number of hydrogen-bond donors (Lipinski definition) is 0. The van der Waals surface area contributed by atoms with Gasteiger partial charge in [0, 0.05) is 5.56 Å². The van der Waals surface area contributed by atoms with E-state index in [-0.39, 0.29) is 11.2 Å². The Morgan fingerprint density at radius 3 is 2.66 bits per heavy atom. The first kappa shape index (κ1) is 23.6. The minimum Gasteiger partial charge on any atom is -0.489 e. The topological polar surface area (TPSA) is 39.9 Å². The van der Waals surface area contributed by atoms with Crippen molar-refractivity contribution >= 4 is 0 Å². The minimum absolute atomic E-state index is 0.227. The zero-order valence-corrected chi connectivity index (χ0v) is 21.9. The first-order valence-corrected chi connectivity index (χ1v) is 14.1. The Hall–Kier alpha value is -3.47. The van der Waals surface area contributed by atoms with Crippen LogP contribution in [0.3, 0.4) is 0 Å². The summed E-state index contributed by atoms with van der Waals surface area (Å²) in [6, 6.07) is 24.1. The number of fused-ring (bicyclic) bond motifs is 5. The molecule has 0 saturated heterocycles. The maximum atomic E-state index is 13.4. The van der Waals surface area contributed by atoms with E-state index in [0.29, 0.717) is 24.5 Å². The molecule has 2 fully saturated rings. The van der Waals surface area contributed by atoms with Crippen LogP contribution in [-0.4, -0.2) is 15.0 Å². The molecule has 7 rings (SSSR count). The van der Waals surface area contributed by atoms with Crippen molar-refractivity contribution in [3.05, 3.63) is 102 Å². The Labute approximate surface area is 223 Å². The molecule has 0 aliphatic heterocycles. The number of nitrogens with zero attached hydrogens (tertiary/aromatic N) is 3. The molecule has 1 heterocycles. The summed E-state index contributed by atoms with van der Waals surface area (Å²) in [5.74, 6) is 2.82. The molecular formula is C33H34FN3O. The van der Waals surface area contributed by atoms with Crippen molar-refractivity contribution in [2.45, 2.75) is 64.0 Å². The number of rotatable bonds is 5. The zero-order valence-electron chi connectivity index (χ0n) is 21.9. The third-order valence-electron chi connectivity index (χ3n) is 9.87. The van der Waals surface area contributed by atoms with Gasteiger partial charge >= 0.3 is 0 Å². The molecular weight excluding hydrogens is 473 g/mol. The first-order chi connectivity index (χ1) is 18.6. The van der Waals surface area contributed by atoms with Crippen LogP contribution < -0.4 is 4.74 Å². The molecule has 0 unspecified atom stereocenters. The molecule has 0 N–H and O–H groups in total. The predicted octanol–water partition coefficient (Wildman–Crippen LogP) is 7.76. The van der Waals surface area contributed by atoms with Crippen LogP contribution in [0.4, 0.5) is 4.39 Å². The van der Waals surface area contributed by atoms with E-state index in [0.717, 1.165) is 35.8 Å². The van der Waals surface area contributed by atoms with Gasteiger partial charge in [0.15, 0.2) is 0 Å². The fourth-order valence-corrected chi connectivity index (χ4v) is 7.98. The molecule has 0 amide bonds. The normalized spacial score (nSPS) is 27.8. The third-order valence-corrected chi connectivity index (χ3v) is 9.87. The highest BCUT2D eigenvalue weighted by atomic mass is 19.1. The van der Waals surface area contributed by atoms with Gasteiger partial charge in [-0.05, 0) is 115 Å². The second-order valence-corrected chi connectivity index (χ2v) is 11.8. The van der Waals surface area contributed by atoms with E-state index in [4.69, 9.17) is 4.74 Å². The van der Waals surface area contributed by atoms with Crippen molar-refractivity contribution in [2.24, 2.45) is 17.3 Å². The van der Waals surface area contributed by atoms with Crippen LogP contribution in [0.1, 0.15) is 67.7 Å². The van der Waals surface area contributed by atoms with Crippen LogP contribution in [-0.2, 0) is 13.0 Å². The lowest BCUT2D eigenvalue weighted by molar-refractivity contribution is 0.0284. The quantitative estimate of drug-likeness (QED) is 0.277. The van der Waals surface area contributed by atoms with E-state index in [1.807, 2.05) is 6.07 Å². The van der Waals surface area contributed by atoms with Crippen LogP contribution in [0.25, 0.3) is 11.3 Å². The smallest absolute Gasteiger partial charge is 0.123 e. The second-order valence-electron chi connectivity index (χ2n) is 11.8. The second kappa shape index (κ2) is 9.37. The number of aromatic nitrogens is 3. The predicted molar refractivity (Wildman–Crippen MR) is 146 cm³/mol. The summed E-state index contributed by atoms with van der Waals surface area (Å²) in [5, 5.41) is 9.04. The van der Waals surface area contributed by atoms with Gasteiger partial charge in [0.2, 0.25) is 0 Å². The highest BCUT2D eigenvalue weighted by Crippen LogP contribution is 2.64. The van der Waals surface area contributed by atoms with Crippen LogP contribution in [0.5, 0.6) is 5.75 Å². The average Bonchev–Trinajstić information content (AvgIpc) is 3.57. The van der Waals surface area contributed by atoms with Crippen molar-refractivity contribution < 1.29 is 9.13 Å². The lowest BCUT2D eigenvalue weighted by Crippen LogP contribution is -2.42. The number of hydrogen-bond acceptors (Lipinski definition) is 3. The molecule has 3 aliphatic carbocycles. The van der Waals surface area contributed by atoms with Gasteiger partial charge in [-0.25, -0.2) is 9.07 Å². The largest absolute Gasteiger partial charge is 0.489 e. The molecule has 4 nitrogen and oxygen atoms in total. The van der Waals surface area contributed by atoms with Crippen molar-refractivity contribution in [1.82, 2.24) is 15.0 Å². The number of ether oxygens (including phenoxy) is 1. The number of halogens is 1. The van der Waals surface area contributed by atoms with Gasteiger partial charge in [0.05, 0.1) is 12.2 Å². The Morgan fingerprint density at radius 1 is 0.974 bits per heavy atom. The summed E-state index contributed by atoms with van der Waals surface area (Å²) in [6.07, 6.45) is 9.30. The summed E-state index contributed by atoms with van der Waals surface area (Å²) in [4.78, 5) is 0. The lowest BCUT2D eigenvalue weighted by atomic mass is 9.55. The summed E-state index contributed by atoms with van der Waals surface area (Å²) >= 11 is 0. The summed E-state index contributed by atoms with van der Waals surface area (Å²) in [6.45, 7) is 3.11. The maximum absolute atomic E-state index is 13.4. The van der Waals surface area contributed by atoms with Crippen molar-refractivity contribution in [3.63, 3.8) is 0 Å². The van der Waals surface area contributed by atoms with Crippen LogP contribution in [0.2, 0.25) is 0 Å². The van der Waals surface area contributed by atoms with Gasteiger partial charge < -0.3 is 4.74 Å². The first-order valence-electron chi connectivity index (χ1n) is 14.1. The van der Waals surface area contributed by atoms with E-state index in [1.165, 1.54) is 48.9 Å². The van der Waals surface area contributed by atoms with E-state index in [2.05, 4.69) is 70.6 Å². The Morgan fingerprint density at radius 2 is 1.82 bits per heavy atom. The summed E-state index contributed by atoms with van der Waals surface area (Å²) in [5.41, 5.74) is 6.20. The van der Waals surface area contributed by atoms with E-state index < -0.39 is 0 Å². The molecule has 0 spiro atoms. The third kappa shape index (κ3) is 4.03. The van der Waals surface area contributed by atoms with Crippen molar-refractivity contribution in [3.8, 4) is 17.0 Å². The highest BCUT2D eigenvalue weighted by Gasteiger charge is 2.55. The molecule has 5 heteroatoms. The minimum atomic E-state index is -0.228. The number of aryl methyl sites for hydroxylation is 1. The van der Waals surface area contributed by atoms with E-state index in [1.54, 1.807) is 17.7 Å². The summed E-state index contributed by atoms with van der Waals surface area (Å²) < 4.78 is 21.7. The fourth-order valence-electron chi connectivity index (χ4n) is 7.98. The van der Waals surface area contributed by atoms with E-state index >= 15 is 0 Å². The molecule has 0 radical (unpaired) electrons. The molecule has 3 aliphatic rings. The zero-order chi connectivity index (χ0) is 25.7. The van der Waals surface area contributed by atoms with Crippen LogP contribution in [0.15, 0.2) is 79.0 Å². The standard InChI is InChI=1S/C33H34FN3O/c1-33-18-17-28-27-14-12-26(38-21-22-5-3-2-4-6-22)19-24(27)9-13-29(28)30(33)15-16-32(33)37-20-31(35-36-37)23-7-10-25(34)11-8-23/h2-8,10-12,14,19-20,28-30,32H,9,13,15-18,21H2,1H3/t28-,29-,30+,32-,33+/m1/s1. The Kier molecular flexibility index (Phi) is 5.83. The fraction of sp³-hybridized carbons (Fsp3) is 0.394. The molecule has 194 valence electrons. The molecule has 2 saturated carbocycles. The Bertz CT molecular complexity index is 1430. The summed E-state index contributed by atoms with van der Waals surface area (Å²) in [7, 11) is 0. The van der Waals surface area contributed by atoms with Gasteiger partial charge in [0.1, 0.15) is 23.9 Å². The molecule has 3 aromatic carbocycles. The SMILES string of the molecule is C[C@]12CC[C@@H]3c4ccc(OCc5ccccc5)cc4CC[C@H]3[C@@H]1CC[C@H]2n1cc(-c2ccc(F)cc2)nn1. The average molecular weight is 508 g/mol. The van der Waals surface area contributed by atoms with E-state index in [9.17, 15) is 4.39 Å². The van der Waals surface area contributed by atoms with Gasteiger partial charge in [-0.2, -0.15) is 0 Å². The molecule has 0 bridgehead atoms. The van der Waals surface area contributed by atoms with Gasteiger partial charge in [0.25, 0.3) is 0 Å².